The first-order valence-electron chi connectivity index (χ1n) is 8.59. The van der Waals surface area contributed by atoms with Gasteiger partial charge in [-0.25, -0.2) is 4.98 Å². The molecule has 0 atom stereocenters. The summed E-state index contributed by atoms with van der Waals surface area (Å²) in [6.07, 6.45) is 5.39. The molecule has 4 rings (SSSR count). The van der Waals surface area contributed by atoms with Gasteiger partial charge in [0.1, 0.15) is 5.75 Å². The van der Waals surface area contributed by atoms with Crippen molar-refractivity contribution in [2.75, 3.05) is 5.32 Å². The zero-order valence-electron chi connectivity index (χ0n) is 15.3. The van der Waals surface area contributed by atoms with Gasteiger partial charge in [0.15, 0.2) is 5.82 Å². The van der Waals surface area contributed by atoms with E-state index in [1.54, 1.807) is 18.3 Å². The molecule has 138 valence electrons. The standard InChI is InChI=1S/C21H16BrN5O/c1-13-9-16(22)10-14(2)19(13)28-21-20-24-7-8-27(20)12-18(26-21)25-17-5-3-15(11-23)4-6-17/h3-10,12,25H,1-2H3. The lowest BCUT2D eigenvalue weighted by Gasteiger charge is -2.14. The number of ether oxygens (including phenoxy) is 1. The number of benzene rings is 2. The summed E-state index contributed by atoms with van der Waals surface area (Å²) >= 11 is 3.51. The van der Waals surface area contributed by atoms with Crippen molar-refractivity contribution in [2.24, 2.45) is 0 Å². The van der Waals surface area contributed by atoms with E-state index in [0.29, 0.717) is 22.9 Å². The quantitative estimate of drug-likeness (QED) is 0.458. The van der Waals surface area contributed by atoms with Crippen molar-refractivity contribution in [3.63, 3.8) is 0 Å². The van der Waals surface area contributed by atoms with Crippen molar-refractivity contribution in [1.82, 2.24) is 14.4 Å². The topological polar surface area (TPSA) is 75.2 Å². The summed E-state index contributed by atoms with van der Waals surface area (Å²) in [5.74, 6) is 1.78. The Hall–Kier alpha value is -3.37. The molecular formula is C21H16BrN5O. The molecule has 0 radical (unpaired) electrons. The van der Waals surface area contributed by atoms with Gasteiger partial charge in [0.05, 0.1) is 17.8 Å². The van der Waals surface area contributed by atoms with Crippen LogP contribution in [0.4, 0.5) is 11.5 Å². The number of anilines is 2. The molecule has 1 N–H and O–H groups in total. The van der Waals surface area contributed by atoms with E-state index >= 15 is 0 Å². The number of aromatic nitrogens is 3. The van der Waals surface area contributed by atoms with Gasteiger partial charge in [-0.15, -0.1) is 0 Å². The Bertz CT molecular complexity index is 1180. The molecule has 6 nitrogen and oxygen atoms in total. The van der Waals surface area contributed by atoms with Crippen LogP contribution in [0.1, 0.15) is 16.7 Å². The van der Waals surface area contributed by atoms with Crippen LogP contribution in [0.25, 0.3) is 5.65 Å². The van der Waals surface area contributed by atoms with E-state index in [-0.39, 0.29) is 0 Å². The number of hydrogen-bond donors (Lipinski definition) is 1. The molecule has 0 spiro atoms. The molecule has 0 aliphatic heterocycles. The summed E-state index contributed by atoms with van der Waals surface area (Å²) in [5, 5.41) is 12.2. The second-order valence-electron chi connectivity index (χ2n) is 6.37. The molecular weight excluding hydrogens is 418 g/mol. The monoisotopic (exact) mass is 433 g/mol. The van der Waals surface area contributed by atoms with Crippen LogP contribution in [-0.2, 0) is 0 Å². The van der Waals surface area contributed by atoms with E-state index in [1.807, 2.05) is 54.9 Å². The lowest BCUT2D eigenvalue weighted by Crippen LogP contribution is -2.01. The highest BCUT2D eigenvalue weighted by molar-refractivity contribution is 9.10. The Balaban J connectivity index is 1.72. The maximum absolute atomic E-state index is 8.94. The van der Waals surface area contributed by atoms with Crippen molar-refractivity contribution >= 4 is 33.1 Å². The smallest absolute Gasteiger partial charge is 0.265 e. The number of imidazole rings is 1. The SMILES string of the molecule is Cc1cc(Br)cc(C)c1Oc1nc(Nc2ccc(C#N)cc2)cn2ccnc12. The fraction of sp³-hybridized carbons (Fsp3) is 0.0952. The number of halogens is 1. The molecule has 0 saturated carbocycles. The van der Waals surface area contributed by atoms with Gasteiger partial charge in [0.2, 0.25) is 5.65 Å². The summed E-state index contributed by atoms with van der Waals surface area (Å²) in [7, 11) is 0. The predicted octanol–water partition coefficient (Wildman–Crippen LogP) is 5.52. The maximum Gasteiger partial charge on any atom is 0.265 e. The Kier molecular flexibility index (Phi) is 4.72. The molecule has 28 heavy (non-hydrogen) atoms. The number of nitrogens with zero attached hydrogens (tertiary/aromatic N) is 4. The Morgan fingerprint density at radius 3 is 2.54 bits per heavy atom. The number of nitrogens with one attached hydrogen (secondary N) is 1. The van der Waals surface area contributed by atoms with Crippen LogP contribution >= 0.6 is 15.9 Å². The second kappa shape index (κ2) is 7.33. The Morgan fingerprint density at radius 1 is 1.14 bits per heavy atom. The predicted molar refractivity (Wildman–Crippen MR) is 111 cm³/mol. The van der Waals surface area contributed by atoms with Gasteiger partial charge in [0.25, 0.3) is 5.88 Å². The van der Waals surface area contributed by atoms with Crippen LogP contribution < -0.4 is 10.1 Å². The number of fused-ring (bicyclic) bond motifs is 1. The van der Waals surface area contributed by atoms with E-state index < -0.39 is 0 Å². The molecule has 2 heterocycles. The number of hydrogen-bond acceptors (Lipinski definition) is 5. The van der Waals surface area contributed by atoms with E-state index in [1.165, 1.54) is 0 Å². The summed E-state index contributed by atoms with van der Waals surface area (Å²) in [6, 6.07) is 13.3. The third kappa shape index (κ3) is 3.55. The van der Waals surface area contributed by atoms with Crippen LogP contribution in [0.2, 0.25) is 0 Å². The van der Waals surface area contributed by atoms with Gasteiger partial charge in [-0.2, -0.15) is 10.2 Å². The van der Waals surface area contributed by atoms with Crippen molar-refractivity contribution in [3.8, 4) is 17.7 Å². The summed E-state index contributed by atoms with van der Waals surface area (Å²) in [5.41, 5.74) is 4.07. The molecule has 2 aromatic heterocycles. The Labute approximate surface area is 170 Å². The minimum atomic E-state index is 0.414. The highest BCUT2D eigenvalue weighted by Crippen LogP contribution is 2.33. The molecule has 2 aromatic carbocycles. The average molecular weight is 434 g/mol. The minimum absolute atomic E-state index is 0.414. The molecule has 0 unspecified atom stereocenters. The first-order valence-corrected chi connectivity index (χ1v) is 9.38. The third-order valence-electron chi connectivity index (χ3n) is 4.25. The largest absolute Gasteiger partial charge is 0.435 e. The van der Waals surface area contributed by atoms with Crippen LogP contribution in [0.3, 0.4) is 0 Å². The molecule has 0 amide bonds. The fourth-order valence-corrected chi connectivity index (χ4v) is 3.65. The molecule has 0 aliphatic rings. The van der Waals surface area contributed by atoms with E-state index in [9.17, 15) is 0 Å². The average Bonchev–Trinajstić information content (AvgIpc) is 3.14. The van der Waals surface area contributed by atoms with Crippen LogP contribution in [0.5, 0.6) is 11.6 Å². The number of rotatable bonds is 4. The van der Waals surface area contributed by atoms with Crippen molar-refractivity contribution in [2.45, 2.75) is 13.8 Å². The first kappa shape index (κ1) is 18.0. The summed E-state index contributed by atoms with van der Waals surface area (Å²) in [6.45, 7) is 3.99. The highest BCUT2D eigenvalue weighted by atomic mass is 79.9. The van der Waals surface area contributed by atoms with Crippen molar-refractivity contribution in [3.05, 3.63) is 76.2 Å². The molecule has 4 aromatic rings. The van der Waals surface area contributed by atoms with Gasteiger partial charge < -0.3 is 10.1 Å². The zero-order chi connectivity index (χ0) is 19.7. The van der Waals surface area contributed by atoms with Crippen LogP contribution in [-0.4, -0.2) is 14.4 Å². The van der Waals surface area contributed by atoms with E-state index in [4.69, 9.17) is 10.00 Å². The van der Waals surface area contributed by atoms with Crippen LogP contribution in [0.15, 0.2) is 59.5 Å². The summed E-state index contributed by atoms with van der Waals surface area (Å²) in [4.78, 5) is 8.98. The second-order valence-corrected chi connectivity index (χ2v) is 7.29. The van der Waals surface area contributed by atoms with Gasteiger partial charge >= 0.3 is 0 Å². The van der Waals surface area contributed by atoms with Crippen molar-refractivity contribution in [1.29, 1.82) is 5.26 Å². The Morgan fingerprint density at radius 2 is 1.86 bits per heavy atom. The van der Waals surface area contributed by atoms with Gasteiger partial charge in [-0.05, 0) is 61.4 Å². The lowest BCUT2D eigenvalue weighted by atomic mass is 10.1. The molecule has 0 bridgehead atoms. The number of aryl methyl sites for hydroxylation is 2. The molecule has 7 heteroatoms. The fourth-order valence-electron chi connectivity index (χ4n) is 2.96. The summed E-state index contributed by atoms with van der Waals surface area (Å²) < 4.78 is 9.05. The van der Waals surface area contributed by atoms with Gasteiger partial charge in [-0.1, -0.05) is 15.9 Å². The van der Waals surface area contributed by atoms with Gasteiger partial charge in [-0.3, -0.25) is 4.40 Å². The molecule has 0 fully saturated rings. The highest BCUT2D eigenvalue weighted by Gasteiger charge is 2.14. The van der Waals surface area contributed by atoms with Crippen LogP contribution in [0, 0.1) is 25.2 Å². The third-order valence-corrected chi connectivity index (χ3v) is 4.71. The van der Waals surface area contributed by atoms with E-state index in [0.717, 1.165) is 27.0 Å². The minimum Gasteiger partial charge on any atom is -0.435 e. The van der Waals surface area contributed by atoms with Gasteiger partial charge in [0, 0.05) is 22.6 Å². The normalized spacial score (nSPS) is 10.6. The maximum atomic E-state index is 8.94. The first-order chi connectivity index (χ1) is 13.5. The molecule has 0 saturated heterocycles. The zero-order valence-corrected chi connectivity index (χ0v) is 16.9. The molecule has 0 aliphatic carbocycles. The van der Waals surface area contributed by atoms with Crippen molar-refractivity contribution < 1.29 is 4.74 Å². The van der Waals surface area contributed by atoms with E-state index in [2.05, 4.69) is 37.3 Å². The lowest BCUT2D eigenvalue weighted by molar-refractivity contribution is 0.458. The number of nitriles is 1.